The number of thiophene rings is 1. The van der Waals surface area contributed by atoms with Crippen LogP contribution in [-0.2, 0) is 19.5 Å². The monoisotopic (exact) mass is 612 g/mol. The molecule has 12 heteroatoms. The minimum absolute atomic E-state index is 0.205. The maximum Gasteiger partial charge on any atom is 0.283 e. The second-order valence-corrected chi connectivity index (χ2v) is 11.3. The van der Waals surface area contributed by atoms with E-state index in [9.17, 15) is 9.59 Å². The van der Waals surface area contributed by atoms with Crippen molar-refractivity contribution in [2.24, 2.45) is 0 Å². The van der Waals surface area contributed by atoms with E-state index in [1.807, 2.05) is 18.2 Å². The molecule has 1 aromatic carbocycles. The van der Waals surface area contributed by atoms with Crippen molar-refractivity contribution >= 4 is 34.7 Å². The van der Waals surface area contributed by atoms with Gasteiger partial charge >= 0.3 is 0 Å². The summed E-state index contributed by atoms with van der Waals surface area (Å²) in [7, 11) is 1.52. The molecule has 0 atom stereocenters. The molecular formula is C31H25ClN6O4S. The van der Waals surface area contributed by atoms with Crippen LogP contribution in [0.2, 0.25) is 4.34 Å². The summed E-state index contributed by atoms with van der Waals surface area (Å²) in [5, 5.41) is 8.06. The van der Waals surface area contributed by atoms with Crippen LogP contribution in [0.3, 0.4) is 0 Å². The number of hydrogen-bond acceptors (Lipinski definition) is 9. The van der Waals surface area contributed by atoms with Gasteiger partial charge in [0.25, 0.3) is 11.5 Å². The van der Waals surface area contributed by atoms with Gasteiger partial charge in [0.15, 0.2) is 6.39 Å². The molecule has 6 aromatic rings. The van der Waals surface area contributed by atoms with Crippen LogP contribution in [0.4, 0.5) is 5.82 Å². The van der Waals surface area contributed by atoms with E-state index in [1.165, 1.54) is 29.5 Å². The average Bonchev–Trinajstić information content (AvgIpc) is 3.81. The van der Waals surface area contributed by atoms with Gasteiger partial charge in [0.1, 0.15) is 17.8 Å². The molecule has 0 saturated heterocycles. The third-order valence-corrected chi connectivity index (χ3v) is 7.96. The summed E-state index contributed by atoms with van der Waals surface area (Å²) < 4.78 is 14.1. The highest BCUT2D eigenvalue weighted by atomic mass is 35.5. The fourth-order valence-electron chi connectivity index (χ4n) is 4.61. The summed E-state index contributed by atoms with van der Waals surface area (Å²) in [4.78, 5) is 37.0. The number of carbonyl (C=O) groups excluding carboxylic acids is 1. The summed E-state index contributed by atoms with van der Waals surface area (Å²) in [5.41, 5.74) is 2.94. The van der Waals surface area contributed by atoms with Crippen LogP contribution in [0.1, 0.15) is 20.9 Å². The smallest absolute Gasteiger partial charge is 0.283 e. The van der Waals surface area contributed by atoms with E-state index in [0.717, 1.165) is 10.6 Å². The van der Waals surface area contributed by atoms with Crippen molar-refractivity contribution in [2.75, 3.05) is 12.4 Å². The summed E-state index contributed by atoms with van der Waals surface area (Å²) >= 11 is 7.58. The van der Waals surface area contributed by atoms with E-state index >= 15 is 0 Å². The normalized spacial score (nSPS) is 11.0. The van der Waals surface area contributed by atoms with Crippen molar-refractivity contribution in [1.82, 2.24) is 24.3 Å². The third kappa shape index (κ3) is 6.13. The molecule has 6 rings (SSSR count). The molecule has 0 saturated carbocycles. The van der Waals surface area contributed by atoms with Crippen LogP contribution in [-0.4, -0.2) is 37.3 Å². The van der Waals surface area contributed by atoms with Crippen molar-refractivity contribution in [3.8, 4) is 28.3 Å². The summed E-state index contributed by atoms with van der Waals surface area (Å²) in [5.74, 6) is 0.522. The lowest BCUT2D eigenvalue weighted by Gasteiger charge is -2.11. The number of hydrogen-bond donors (Lipinski definition) is 1. The predicted octanol–water partition coefficient (Wildman–Crippen LogP) is 6.03. The Bertz CT molecular complexity index is 1930. The molecule has 0 spiro atoms. The highest BCUT2D eigenvalue weighted by Gasteiger charge is 2.22. The van der Waals surface area contributed by atoms with Gasteiger partial charge in [0.05, 0.1) is 46.2 Å². The lowest BCUT2D eigenvalue weighted by molar-refractivity contribution is 0.0945. The van der Waals surface area contributed by atoms with Crippen LogP contribution >= 0.6 is 22.9 Å². The number of aryl methyl sites for hydroxylation is 2. The Morgan fingerprint density at radius 3 is 2.67 bits per heavy atom. The first-order valence-electron chi connectivity index (χ1n) is 13.3. The lowest BCUT2D eigenvalue weighted by Crippen LogP contribution is -2.23. The molecule has 5 heterocycles. The maximum absolute atomic E-state index is 13.8. The first kappa shape index (κ1) is 28.1. The molecule has 0 fully saturated rings. The number of pyridine rings is 2. The first-order valence-corrected chi connectivity index (χ1v) is 14.5. The molecule has 0 radical (unpaired) electrons. The predicted molar refractivity (Wildman–Crippen MR) is 165 cm³/mol. The Labute approximate surface area is 255 Å². The van der Waals surface area contributed by atoms with E-state index in [4.69, 9.17) is 25.9 Å². The minimum atomic E-state index is -0.375. The number of para-hydroxylation sites is 1. The van der Waals surface area contributed by atoms with Gasteiger partial charge in [0, 0.05) is 41.9 Å². The number of nitrogens with one attached hydrogen (secondary N) is 1. The van der Waals surface area contributed by atoms with Crippen molar-refractivity contribution in [3.05, 3.63) is 123 Å². The number of carbonyl (C=O) groups is 1. The van der Waals surface area contributed by atoms with Gasteiger partial charge in [0.2, 0.25) is 0 Å². The molecule has 0 aliphatic carbocycles. The zero-order chi connectivity index (χ0) is 29.8. The number of halogens is 1. The number of methoxy groups -OCH3 is 1. The average molecular weight is 613 g/mol. The van der Waals surface area contributed by atoms with E-state index in [-0.39, 0.29) is 11.5 Å². The van der Waals surface area contributed by atoms with Crippen LogP contribution in [0.15, 0.2) is 101 Å². The van der Waals surface area contributed by atoms with Gasteiger partial charge in [-0.3, -0.25) is 14.6 Å². The molecule has 43 heavy (non-hydrogen) atoms. The summed E-state index contributed by atoms with van der Waals surface area (Å²) in [6.07, 6.45) is 6.77. The molecule has 216 valence electrons. The van der Waals surface area contributed by atoms with Crippen LogP contribution in [0.5, 0.6) is 5.75 Å². The summed E-state index contributed by atoms with van der Waals surface area (Å²) in [6, 6.07) is 19.7. The highest BCUT2D eigenvalue weighted by Crippen LogP contribution is 2.28. The standard InChI is InChI=1S/C31H25ClN6O4S/c1-41-27-8-3-2-6-23(27)31(40)38-29(34-16-22-9-10-28(32)43-22)15-26(36-38)20-14-24(25-7-4-5-12-33-25)30(39)37(17-20)13-11-21-18-42-19-35-21/h2-10,12,14-15,17-19,34H,11,13,16H2,1H3. The molecule has 0 aliphatic rings. The van der Waals surface area contributed by atoms with Gasteiger partial charge in [-0.2, -0.15) is 9.78 Å². The molecule has 0 aliphatic heterocycles. The number of ether oxygens (including phenoxy) is 1. The number of nitrogens with zero attached hydrogens (tertiary/aromatic N) is 5. The van der Waals surface area contributed by atoms with Crippen molar-refractivity contribution in [2.45, 2.75) is 19.5 Å². The molecular weight excluding hydrogens is 588 g/mol. The van der Waals surface area contributed by atoms with Crippen molar-refractivity contribution in [3.63, 3.8) is 0 Å². The topological polar surface area (TPSA) is 117 Å². The Morgan fingerprint density at radius 2 is 1.93 bits per heavy atom. The van der Waals surface area contributed by atoms with Gasteiger partial charge in [-0.05, 0) is 42.5 Å². The van der Waals surface area contributed by atoms with E-state index in [0.29, 0.717) is 63.5 Å². The van der Waals surface area contributed by atoms with E-state index in [1.54, 1.807) is 71.8 Å². The Balaban J connectivity index is 1.44. The zero-order valence-electron chi connectivity index (χ0n) is 22.9. The Morgan fingerprint density at radius 1 is 1.07 bits per heavy atom. The molecule has 5 aromatic heterocycles. The first-order chi connectivity index (χ1) is 21.0. The number of benzene rings is 1. The molecule has 0 amide bonds. The Hall–Kier alpha value is -5.00. The highest BCUT2D eigenvalue weighted by molar-refractivity contribution is 7.16. The second-order valence-electron chi connectivity index (χ2n) is 9.48. The van der Waals surface area contributed by atoms with Crippen LogP contribution in [0, 0.1) is 0 Å². The van der Waals surface area contributed by atoms with Crippen molar-refractivity contribution in [1.29, 1.82) is 0 Å². The number of oxazole rings is 1. The number of anilines is 1. The molecule has 0 unspecified atom stereocenters. The number of rotatable bonds is 10. The largest absolute Gasteiger partial charge is 0.496 e. The van der Waals surface area contributed by atoms with Gasteiger partial charge in [-0.25, -0.2) is 4.98 Å². The zero-order valence-corrected chi connectivity index (χ0v) is 24.5. The minimum Gasteiger partial charge on any atom is -0.496 e. The van der Waals surface area contributed by atoms with E-state index in [2.05, 4.69) is 15.3 Å². The SMILES string of the molecule is COc1ccccc1C(=O)n1nc(-c2cc(-c3ccccn3)c(=O)n(CCc3cocn3)c2)cc1NCc1ccc(Cl)s1. The van der Waals surface area contributed by atoms with Gasteiger partial charge < -0.3 is 19.0 Å². The fourth-order valence-corrected chi connectivity index (χ4v) is 5.63. The number of aromatic nitrogens is 5. The quantitative estimate of drug-likeness (QED) is 0.199. The molecule has 1 N–H and O–H groups in total. The molecule has 10 nitrogen and oxygen atoms in total. The van der Waals surface area contributed by atoms with Crippen molar-refractivity contribution < 1.29 is 13.9 Å². The van der Waals surface area contributed by atoms with Crippen LogP contribution in [0.25, 0.3) is 22.5 Å². The maximum atomic E-state index is 13.8. The Kier molecular flexibility index (Phi) is 8.16. The third-order valence-electron chi connectivity index (χ3n) is 6.73. The van der Waals surface area contributed by atoms with Crippen LogP contribution < -0.4 is 15.6 Å². The lowest BCUT2D eigenvalue weighted by atomic mass is 10.1. The summed E-state index contributed by atoms with van der Waals surface area (Å²) in [6.45, 7) is 0.780. The van der Waals surface area contributed by atoms with E-state index < -0.39 is 0 Å². The van der Waals surface area contributed by atoms with Gasteiger partial charge in [-0.1, -0.05) is 29.8 Å². The van der Waals surface area contributed by atoms with Gasteiger partial charge in [-0.15, -0.1) is 11.3 Å². The molecule has 0 bridgehead atoms. The fraction of sp³-hybridized carbons (Fsp3) is 0.129. The second kappa shape index (κ2) is 12.5.